The molecule has 0 saturated carbocycles. The fraction of sp³-hybridized carbons (Fsp3) is 0.259. The fourth-order valence-corrected chi connectivity index (χ4v) is 4.24. The summed E-state index contributed by atoms with van der Waals surface area (Å²) in [6.45, 7) is 0.483. The molecule has 170 valence electrons. The molecular formula is C27H30N4O2. The normalized spacial score (nSPS) is 12.0. The summed E-state index contributed by atoms with van der Waals surface area (Å²) >= 11 is 0. The molecule has 0 fully saturated rings. The zero-order valence-electron chi connectivity index (χ0n) is 19.4. The highest BCUT2D eigenvalue weighted by atomic mass is 16.2. The van der Waals surface area contributed by atoms with Gasteiger partial charge in [0.15, 0.2) is 0 Å². The number of nitrogens with one attached hydrogen (secondary N) is 1. The lowest BCUT2D eigenvalue weighted by molar-refractivity contribution is 0.0723. The Morgan fingerprint density at radius 3 is 2.45 bits per heavy atom. The molecule has 0 aliphatic carbocycles. The minimum absolute atomic E-state index is 0.0181. The number of amides is 2. The van der Waals surface area contributed by atoms with Crippen LogP contribution in [-0.4, -0.2) is 45.5 Å². The Labute approximate surface area is 194 Å². The van der Waals surface area contributed by atoms with E-state index in [0.29, 0.717) is 24.2 Å². The summed E-state index contributed by atoms with van der Waals surface area (Å²) < 4.78 is 3.84. The molecule has 2 amide bonds. The Balaban J connectivity index is 1.49. The lowest BCUT2D eigenvalue weighted by atomic mass is 10.0. The number of carbonyl (C=O) groups is 2. The van der Waals surface area contributed by atoms with Crippen molar-refractivity contribution in [2.45, 2.75) is 18.9 Å². The quantitative estimate of drug-likeness (QED) is 0.448. The van der Waals surface area contributed by atoms with Crippen molar-refractivity contribution in [1.82, 2.24) is 19.4 Å². The molecule has 0 spiro atoms. The van der Waals surface area contributed by atoms with Gasteiger partial charge in [-0.2, -0.15) is 0 Å². The van der Waals surface area contributed by atoms with E-state index in [4.69, 9.17) is 0 Å². The monoisotopic (exact) mass is 442 g/mol. The molecule has 2 aromatic carbocycles. The van der Waals surface area contributed by atoms with Crippen LogP contribution in [0.2, 0.25) is 0 Å². The van der Waals surface area contributed by atoms with Crippen molar-refractivity contribution in [2.24, 2.45) is 14.1 Å². The van der Waals surface area contributed by atoms with Crippen LogP contribution in [-0.2, 0) is 20.5 Å². The number of hydrogen-bond acceptors (Lipinski definition) is 2. The number of hydrogen-bond donors (Lipinski definition) is 1. The van der Waals surface area contributed by atoms with Crippen molar-refractivity contribution in [3.8, 4) is 0 Å². The van der Waals surface area contributed by atoms with Gasteiger partial charge in [-0.15, -0.1) is 0 Å². The first kappa shape index (κ1) is 22.4. The molecule has 33 heavy (non-hydrogen) atoms. The zero-order valence-corrected chi connectivity index (χ0v) is 19.4. The van der Waals surface area contributed by atoms with Crippen molar-refractivity contribution < 1.29 is 9.59 Å². The van der Waals surface area contributed by atoms with Crippen molar-refractivity contribution in [2.75, 3.05) is 13.6 Å². The third-order valence-corrected chi connectivity index (χ3v) is 6.25. The largest absolute Gasteiger partial charge is 0.351 e. The first-order valence-electron chi connectivity index (χ1n) is 11.2. The van der Waals surface area contributed by atoms with Gasteiger partial charge in [0.05, 0.1) is 0 Å². The summed E-state index contributed by atoms with van der Waals surface area (Å²) in [7, 11) is 5.70. The van der Waals surface area contributed by atoms with E-state index < -0.39 is 0 Å². The molecule has 1 N–H and O–H groups in total. The molecule has 0 aliphatic rings. The summed E-state index contributed by atoms with van der Waals surface area (Å²) in [6.07, 6.45) is 5.22. The number of carbonyl (C=O) groups excluding carboxylic acids is 2. The average molecular weight is 443 g/mol. The number of likely N-dealkylation sites (N-methyl/N-ethyl adjacent to an activating group) is 1. The average Bonchev–Trinajstić information content (AvgIpc) is 3.43. The topological polar surface area (TPSA) is 59.3 Å². The molecule has 6 nitrogen and oxygen atoms in total. The van der Waals surface area contributed by atoms with Crippen LogP contribution < -0.4 is 5.32 Å². The van der Waals surface area contributed by atoms with E-state index in [-0.39, 0.29) is 17.9 Å². The summed E-state index contributed by atoms with van der Waals surface area (Å²) in [6, 6.07) is 21.6. The molecule has 2 aromatic heterocycles. The molecule has 0 unspecified atom stereocenters. The van der Waals surface area contributed by atoms with Crippen molar-refractivity contribution >= 4 is 22.7 Å². The minimum atomic E-state index is -0.107. The Bertz CT molecular complexity index is 1260. The minimum Gasteiger partial charge on any atom is -0.351 e. The Kier molecular flexibility index (Phi) is 6.63. The summed E-state index contributed by atoms with van der Waals surface area (Å²) in [5.74, 6) is -0.125. The van der Waals surface area contributed by atoms with Crippen LogP contribution >= 0.6 is 0 Å². The van der Waals surface area contributed by atoms with Gasteiger partial charge in [0.25, 0.3) is 11.8 Å². The van der Waals surface area contributed by atoms with Gasteiger partial charge in [0, 0.05) is 62.6 Å². The van der Waals surface area contributed by atoms with Gasteiger partial charge in [-0.05, 0) is 54.8 Å². The van der Waals surface area contributed by atoms with Crippen LogP contribution in [0.15, 0.2) is 79.1 Å². The van der Waals surface area contributed by atoms with E-state index in [0.717, 1.165) is 22.9 Å². The summed E-state index contributed by atoms with van der Waals surface area (Å²) in [5, 5.41) is 4.05. The summed E-state index contributed by atoms with van der Waals surface area (Å²) in [4.78, 5) is 27.7. The predicted molar refractivity (Wildman–Crippen MR) is 131 cm³/mol. The highest BCUT2D eigenvalue weighted by Gasteiger charge is 2.22. The van der Waals surface area contributed by atoms with Crippen LogP contribution in [0, 0.1) is 0 Å². The van der Waals surface area contributed by atoms with Crippen LogP contribution in [0.5, 0.6) is 0 Å². The summed E-state index contributed by atoms with van der Waals surface area (Å²) in [5.41, 5.74) is 3.55. The molecular weight excluding hydrogens is 412 g/mol. The van der Waals surface area contributed by atoms with Gasteiger partial charge < -0.3 is 19.4 Å². The van der Waals surface area contributed by atoms with E-state index in [1.807, 2.05) is 91.5 Å². The van der Waals surface area contributed by atoms with Crippen LogP contribution in [0.3, 0.4) is 0 Å². The maximum Gasteiger partial charge on any atom is 0.267 e. The second-order valence-corrected chi connectivity index (χ2v) is 8.51. The van der Waals surface area contributed by atoms with Gasteiger partial charge in [-0.25, -0.2) is 0 Å². The second kappa shape index (κ2) is 9.77. The molecule has 0 saturated heterocycles. The van der Waals surface area contributed by atoms with Gasteiger partial charge in [0.2, 0.25) is 0 Å². The molecule has 0 bridgehead atoms. The molecule has 6 heteroatoms. The number of benzene rings is 2. The third-order valence-electron chi connectivity index (χ3n) is 6.25. The van der Waals surface area contributed by atoms with Crippen molar-refractivity contribution in [3.63, 3.8) is 0 Å². The highest BCUT2D eigenvalue weighted by molar-refractivity contribution is 5.98. The number of aromatic nitrogens is 2. The predicted octanol–water partition coefficient (Wildman–Crippen LogP) is 4.02. The Hall–Kier alpha value is -3.80. The lowest BCUT2D eigenvalue weighted by Gasteiger charge is -2.29. The van der Waals surface area contributed by atoms with E-state index in [1.165, 1.54) is 0 Å². The van der Waals surface area contributed by atoms with Crippen LogP contribution in [0.1, 0.15) is 32.8 Å². The molecule has 2 heterocycles. The lowest BCUT2D eigenvalue weighted by Crippen LogP contribution is -2.41. The first-order valence-corrected chi connectivity index (χ1v) is 11.2. The van der Waals surface area contributed by atoms with E-state index in [2.05, 4.69) is 17.4 Å². The van der Waals surface area contributed by atoms with Crippen LogP contribution in [0.25, 0.3) is 10.9 Å². The number of aryl methyl sites for hydroxylation is 2. The standard InChI is InChI=1S/C27H30N4O2/c1-29-16-7-10-25(29)26(32)28-15-13-23(18-20-8-5-4-6-9-20)31(3)27(33)22-11-12-24-21(19-22)14-17-30(24)2/h4-12,14,16-17,19,23H,13,15,18H2,1-3H3,(H,28,32)/t23-/m1/s1. The maximum atomic E-state index is 13.4. The fourth-order valence-electron chi connectivity index (χ4n) is 4.24. The molecule has 0 radical (unpaired) electrons. The van der Waals surface area contributed by atoms with E-state index in [9.17, 15) is 9.59 Å². The highest BCUT2D eigenvalue weighted by Crippen LogP contribution is 2.20. The SMILES string of the molecule is CN(C(=O)c1ccc2c(ccn2C)c1)[C@H](CCNC(=O)c1cccn1C)Cc1ccccc1. The maximum absolute atomic E-state index is 13.4. The second-order valence-electron chi connectivity index (χ2n) is 8.51. The first-order chi connectivity index (χ1) is 15.9. The van der Waals surface area contributed by atoms with Crippen LogP contribution in [0.4, 0.5) is 0 Å². The molecule has 1 atom stereocenters. The van der Waals surface area contributed by atoms with Gasteiger partial charge in [0.1, 0.15) is 5.69 Å². The number of rotatable bonds is 8. The third kappa shape index (κ3) is 5.00. The van der Waals surface area contributed by atoms with Gasteiger partial charge in [-0.3, -0.25) is 9.59 Å². The van der Waals surface area contributed by atoms with Crippen molar-refractivity contribution in [1.29, 1.82) is 0 Å². The Morgan fingerprint density at radius 2 is 1.73 bits per heavy atom. The van der Waals surface area contributed by atoms with Gasteiger partial charge in [-0.1, -0.05) is 30.3 Å². The van der Waals surface area contributed by atoms with Crippen molar-refractivity contribution in [3.05, 3.63) is 95.9 Å². The Morgan fingerprint density at radius 1 is 0.939 bits per heavy atom. The number of nitrogens with zero attached hydrogens (tertiary/aromatic N) is 3. The molecule has 0 aliphatic heterocycles. The van der Waals surface area contributed by atoms with Gasteiger partial charge >= 0.3 is 0 Å². The van der Waals surface area contributed by atoms with E-state index >= 15 is 0 Å². The zero-order chi connectivity index (χ0) is 23.4. The smallest absolute Gasteiger partial charge is 0.267 e. The van der Waals surface area contributed by atoms with E-state index in [1.54, 1.807) is 10.6 Å². The molecule has 4 aromatic rings. The number of fused-ring (bicyclic) bond motifs is 1. The molecule has 4 rings (SSSR count).